The SMILES string of the molecule is C=C.CCC=C(C)C(=O)ONC(N)=O. The van der Waals surface area contributed by atoms with Crippen LogP contribution in [0.5, 0.6) is 0 Å². The van der Waals surface area contributed by atoms with Crippen LogP contribution in [0, 0.1) is 0 Å². The van der Waals surface area contributed by atoms with E-state index >= 15 is 0 Å². The summed E-state index contributed by atoms with van der Waals surface area (Å²) >= 11 is 0. The van der Waals surface area contributed by atoms with Gasteiger partial charge in [-0.2, -0.15) is 5.48 Å². The standard InChI is InChI=1S/C7H12N2O3.C2H4/c1-3-4-5(2)6(10)12-9-7(8)11;1-2/h4H,3H2,1-2H3,(H3,8,9,11);1-2H2. The van der Waals surface area contributed by atoms with Crippen molar-refractivity contribution in [1.29, 1.82) is 0 Å². The molecule has 3 N–H and O–H groups in total. The van der Waals surface area contributed by atoms with Gasteiger partial charge < -0.3 is 10.6 Å². The number of amides is 2. The second-order valence-corrected chi connectivity index (χ2v) is 2.15. The van der Waals surface area contributed by atoms with Crippen molar-refractivity contribution in [1.82, 2.24) is 5.48 Å². The molecule has 0 unspecified atom stereocenters. The first kappa shape index (κ1) is 14.7. The Hall–Kier alpha value is -1.78. The van der Waals surface area contributed by atoms with E-state index in [1.165, 1.54) is 0 Å². The van der Waals surface area contributed by atoms with E-state index < -0.39 is 12.0 Å². The Kier molecular flexibility index (Phi) is 9.79. The first-order valence-corrected chi connectivity index (χ1v) is 4.01. The van der Waals surface area contributed by atoms with E-state index in [4.69, 9.17) is 0 Å². The summed E-state index contributed by atoms with van der Waals surface area (Å²) in [7, 11) is 0. The monoisotopic (exact) mass is 200 g/mol. The van der Waals surface area contributed by atoms with Crippen molar-refractivity contribution < 1.29 is 14.4 Å². The molecule has 0 aromatic rings. The molecular formula is C9H16N2O3. The fraction of sp³-hybridized carbons (Fsp3) is 0.333. The Morgan fingerprint density at radius 1 is 1.50 bits per heavy atom. The predicted octanol–water partition coefficient (Wildman–Crippen LogP) is 1.27. The normalized spacial score (nSPS) is 9.43. The van der Waals surface area contributed by atoms with Gasteiger partial charge in [0.1, 0.15) is 0 Å². The Morgan fingerprint density at radius 3 is 2.36 bits per heavy atom. The number of carbonyl (C=O) groups is 2. The third-order valence-corrected chi connectivity index (χ3v) is 1.08. The van der Waals surface area contributed by atoms with Crippen LogP contribution in [0.2, 0.25) is 0 Å². The number of nitrogens with one attached hydrogen (secondary N) is 1. The van der Waals surface area contributed by atoms with Crippen molar-refractivity contribution >= 4 is 12.0 Å². The maximum atomic E-state index is 10.9. The predicted molar refractivity (Wildman–Crippen MR) is 54.1 cm³/mol. The maximum Gasteiger partial charge on any atom is 0.358 e. The van der Waals surface area contributed by atoms with Gasteiger partial charge in [0, 0.05) is 5.57 Å². The van der Waals surface area contributed by atoms with Crippen LogP contribution in [0.1, 0.15) is 20.3 Å². The molecule has 0 saturated carbocycles. The number of hydrogen-bond donors (Lipinski definition) is 2. The molecule has 0 bridgehead atoms. The minimum atomic E-state index is -0.896. The second-order valence-electron chi connectivity index (χ2n) is 2.15. The quantitative estimate of drug-likeness (QED) is 0.400. The lowest BCUT2D eigenvalue weighted by molar-refractivity contribution is -0.143. The van der Waals surface area contributed by atoms with Crippen LogP contribution in [0.3, 0.4) is 0 Å². The van der Waals surface area contributed by atoms with Crippen molar-refractivity contribution in [2.45, 2.75) is 20.3 Å². The van der Waals surface area contributed by atoms with Gasteiger partial charge in [0.2, 0.25) is 0 Å². The average molecular weight is 200 g/mol. The molecular weight excluding hydrogens is 184 g/mol. The molecule has 0 saturated heterocycles. The Bertz CT molecular complexity index is 224. The number of urea groups is 1. The number of rotatable bonds is 2. The highest BCUT2D eigenvalue weighted by Gasteiger charge is 2.05. The molecule has 0 aliphatic heterocycles. The zero-order valence-corrected chi connectivity index (χ0v) is 8.50. The first-order valence-electron chi connectivity index (χ1n) is 4.01. The van der Waals surface area contributed by atoms with Gasteiger partial charge in [-0.05, 0) is 13.3 Å². The first-order chi connectivity index (χ1) is 6.57. The summed E-state index contributed by atoms with van der Waals surface area (Å²) in [6, 6.07) is -0.896. The molecule has 0 radical (unpaired) electrons. The summed E-state index contributed by atoms with van der Waals surface area (Å²) in [6.45, 7) is 9.48. The third kappa shape index (κ3) is 8.32. The molecule has 14 heavy (non-hydrogen) atoms. The minimum Gasteiger partial charge on any atom is -0.349 e. The van der Waals surface area contributed by atoms with Crippen molar-refractivity contribution in [2.75, 3.05) is 0 Å². The highest BCUT2D eigenvalue weighted by Crippen LogP contribution is 1.96. The highest BCUT2D eigenvalue weighted by molar-refractivity contribution is 5.88. The maximum absolute atomic E-state index is 10.9. The lowest BCUT2D eigenvalue weighted by atomic mass is 10.2. The van der Waals surface area contributed by atoms with E-state index in [9.17, 15) is 9.59 Å². The van der Waals surface area contributed by atoms with Gasteiger partial charge in [0.25, 0.3) is 0 Å². The van der Waals surface area contributed by atoms with Crippen molar-refractivity contribution in [3.8, 4) is 0 Å². The number of primary amides is 1. The van der Waals surface area contributed by atoms with Crippen molar-refractivity contribution in [2.24, 2.45) is 5.73 Å². The van der Waals surface area contributed by atoms with E-state index in [1.807, 2.05) is 6.92 Å². The van der Waals surface area contributed by atoms with Crippen LogP contribution in [-0.2, 0) is 9.63 Å². The molecule has 0 fully saturated rings. The molecule has 0 heterocycles. The summed E-state index contributed by atoms with van der Waals surface area (Å²) in [5, 5.41) is 0. The van der Waals surface area contributed by atoms with Gasteiger partial charge in [-0.3, -0.25) is 0 Å². The van der Waals surface area contributed by atoms with Gasteiger partial charge in [-0.25, -0.2) is 9.59 Å². The van der Waals surface area contributed by atoms with Gasteiger partial charge in [-0.15, -0.1) is 13.2 Å². The lowest BCUT2D eigenvalue weighted by Crippen LogP contribution is -2.32. The topological polar surface area (TPSA) is 81.4 Å². The molecule has 0 aliphatic rings. The third-order valence-electron chi connectivity index (χ3n) is 1.08. The largest absolute Gasteiger partial charge is 0.358 e. The molecule has 0 rings (SSSR count). The summed E-state index contributed by atoms with van der Waals surface area (Å²) in [6.07, 6.45) is 2.42. The van der Waals surface area contributed by atoms with Crippen LogP contribution >= 0.6 is 0 Å². The van der Waals surface area contributed by atoms with E-state index in [0.29, 0.717) is 5.57 Å². The van der Waals surface area contributed by atoms with Crippen LogP contribution in [0.15, 0.2) is 24.8 Å². The van der Waals surface area contributed by atoms with Gasteiger partial charge in [0.05, 0.1) is 0 Å². The number of carbonyl (C=O) groups excluding carboxylic acids is 2. The zero-order valence-electron chi connectivity index (χ0n) is 8.50. The summed E-state index contributed by atoms with van der Waals surface area (Å²) < 4.78 is 0. The van der Waals surface area contributed by atoms with Crippen LogP contribution in [0.4, 0.5) is 4.79 Å². The van der Waals surface area contributed by atoms with Crippen LogP contribution < -0.4 is 11.2 Å². The summed E-state index contributed by atoms with van der Waals surface area (Å²) in [5.41, 5.74) is 6.84. The molecule has 5 heteroatoms. The van der Waals surface area contributed by atoms with Crippen molar-refractivity contribution in [3.63, 3.8) is 0 Å². The molecule has 5 nitrogen and oxygen atoms in total. The Morgan fingerprint density at radius 2 is 2.00 bits per heavy atom. The fourth-order valence-electron chi connectivity index (χ4n) is 0.567. The molecule has 80 valence electrons. The average Bonchev–Trinajstić information content (AvgIpc) is 2.17. The van der Waals surface area contributed by atoms with Crippen LogP contribution in [-0.4, -0.2) is 12.0 Å². The van der Waals surface area contributed by atoms with Crippen LogP contribution in [0.25, 0.3) is 0 Å². The molecule has 0 spiro atoms. The zero-order chi connectivity index (χ0) is 11.6. The molecule has 0 aromatic carbocycles. The van der Waals surface area contributed by atoms with E-state index in [-0.39, 0.29) is 0 Å². The van der Waals surface area contributed by atoms with E-state index in [2.05, 4.69) is 23.7 Å². The van der Waals surface area contributed by atoms with Gasteiger partial charge in [0.15, 0.2) is 0 Å². The summed E-state index contributed by atoms with van der Waals surface area (Å²) in [5.74, 6) is -0.601. The molecule has 0 atom stereocenters. The van der Waals surface area contributed by atoms with E-state index in [0.717, 1.165) is 6.42 Å². The number of hydroxylamine groups is 1. The highest BCUT2D eigenvalue weighted by atomic mass is 16.7. The second kappa shape index (κ2) is 9.31. The smallest absolute Gasteiger partial charge is 0.349 e. The molecule has 0 aliphatic carbocycles. The number of hydrogen-bond acceptors (Lipinski definition) is 3. The fourth-order valence-corrected chi connectivity index (χ4v) is 0.567. The number of nitrogens with two attached hydrogens (primary N) is 1. The molecule has 0 aromatic heterocycles. The van der Waals surface area contributed by atoms with E-state index in [1.54, 1.807) is 18.5 Å². The van der Waals surface area contributed by atoms with Gasteiger partial charge >= 0.3 is 12.0 Å². The lowest BCUT2D eigenvalue weighted by Gasteiger charge is -2.01. The van der Waals surface area contributed by atoms with Crippen molar-refractivity contribution in [3.05, 3.63) is 24.8 Å². The number of allylic oxidation sites excluding steroid dienone is 1. The van der Waals surface area contributed by atoms with Gasteiger partial charge in [-0.1, -0.05) is 13.0 Å². The Labute approximate surface area is 83.6 Å². The minimum absolute atomic E-state index is 0.436. The Balaban J connectivity index is 0. The summed E-state index contributed by atoms with van der Waals surface area (Å²) in [4.78, 5) is 25.3. The molecule has 2 amide bonds.